The number of rotatable bonds is 8. The second kappa shape index (κ2) is 7.40. The van der Waals surface area contributed by atoms with E-state index in [1.807, 2.05) is 12.1 Å². The van der Waals surface area contributed by atoms with E-state index in [2.05, 4.69) is 12.2 Å². The highest BCUT2D eigenvalue weighted by molar-refractivity contribution is 5.06. The van der Waals surface area contributed by atoms with Crippen LogP contribution in [0, 0.1) is 0 Å². The van der Waals surface area contributed by atoms with Gasteiger partial charge in [0.25, 0.3) is 6.43 Å². The molecule has 0 saturated carbocycles. The van der Waals surface area contributed by atoms with E-state index in [9.17, 15) is 8.78 Å². The quantitative estimate of drug-likeness (QED) is 0.714. The molecule has 0 aromatic carbocycles. The monoisotopic (exact) mass is 246 g/mol. The minimum absolute atomic E-state index is 0.232. The Morgan fingerprint density at radius 3 is 2.71 bits per heavy atom. The molecule has 0 amide bonds. The van der Waals surface area contributed by atoms with Crippen molar-refractivity contribution < 1.29 is 13.2 Å². The largest absolute Gasteiger partial charge is 0.463 e. The van der Waals surface area contributed by atoms with Gasteiger partial charge in [-0.15, -0.1) is 0 Å². The van der Waals surface area contributed by atoms with Crippen LogP contribution in [-0.4, -0.2) is 31.5 Å². The van der Waals surface area contributed by atoms with E-state index in [1.54, 1.807) is 11.9 Å². The number of furan rings is 1. The smallest absolute Gasteiger partial charge is 0.251 e. The van der Waals surface area contributed by atoms with Crippen LogP contribution in [0.5, 0.6) is 0 Å². The molecule has 1 heterocycles. The lowest BCUT2D eigenvalue weighted by Crippen LogP contribution is -2.23. The fraction of sp³-hybridized carbons (Fsp3) is 0.667. The predicted octanol–water partition coefficient (Wildman–Crippen LogP) is 2.48. The van der Waals surface area contributed by atoms with E-state index in [-0.39, 0.29) is 6.54 Å². The highest BCUT2D eigenvalue weighted by atomic mass is 19.3. The van der Waals surface area contributed by atoms with Crippen LogP contribution in [0.4, 0.5) is 8.78 Å². The van der Waals surface area contributed by atoms with Gasteiger partial charge in [0.15, 0.2) is 0 Å². The van der Waals surface area contributed by atoms with Gasteiger partial charge in [-0.3, -0.25) is 4.90 Å². The summed E-state index contributed by atoms with van der Waals surface area (Å²) < 4.78 is 29.8. The van der Waals surface area contributed by atoms with Gasteiger partial charge in [-0.25, -0.2) is 8.78 Å². The summed E-state index contributed by atoms with van der Waals surface area (Å²) in [4.78, 5) is 1.55. The third-order valence-electron chi connectivity index (χ3n) is 2.32. The first-order valence-corrected chi connectivity index (χ1v) is 5.86. The lowest BCUT2D eigenvalue weighted by molar-refractivity contribution is 0.0944. The van der Waals surface area contributed by atoms with Crippen molar-refractivity contribution in [1.82, 2.24) is 10.2 Å². The molecule has 0 atom stereocenters. The number of nitrogens with zero attached hydrogens (tertiary/aromatic N) is 1. The molecule has 0 aliphatic carbocycles. The van der Waals surface area contributed by atoms with E-state index in [4.69, 9.17) is 4.42 Å². The van der Waals surface area contributed by atoms with Crippen LogP contribution >= 0.6 is 0 Å². The van der Waals surface area contributed by atoms with E-state index < -0.39 is 6.43 Å². The maximum Gasteiger partial charge on any atom is 0.251 e. The van der Waals surface area contributed by atoms with Crippen LogP contribution in [0.15, 0.2) is 16.5 Å². The number of alkyl halides is 2. The summed E-state index contributed by atoms with van der Waals surface area (Å²) in [6.07, 6.45) is -1.23. The lowest BCUT2D eigenvalue weighted by Gasteiger charge is -2.13. The van der Waals surface area contributed by atoms with Crippen molar-refractivity contribution in [3.8, 4) is 0 Å². The van der Waals surface area contributed by atoms with Crippen LogP contribution in [0.3, 0.4) is 0 Å². The fourth-order valence-corrected chi connectivity index (χ4v) is 1.56. The number of hydrogen-bond acceptors (Lipinski definition) is 3. The minimum atomic E-state index is -2.30. The first kappa shape index (κ1) is 14.1. The van der Waals surface area contributed by atoms with Gasteiger partial charge in [-0.2, -0.15) is 0 Å². The Labute approximate surface area is 101 Å². The Kier molecular flexibility index (Phi) is 6.15. The molecule has 1 aromatic rings. The average molecular weight is 246 g/mol. The Morgan fingerprint density at radius 1 is 1.35 bits per heavy atom. The van der Waals surface area contributed by atoms with E-state index in [0.717, 1.165) is 24.5 Å². The molecule has 0 spiro atoms. The number of nitrogens with one attached hydrogen (secondary N) is 1. The van der Waals surface area contributed by atoms with Gasteiger partial charge in [0, 0.05) is 0 Å². The van der Waals surface area contributed by atoms with Crippen LogP contribution < -0.4 is 5.32 Å². The molecule has 5 heteroatoms. The molecule has 0 aliphatic heterocycles. The highest BCUT2D eigenvalue weighted by Gasteiger charge is 2.10. The third kappa shape index (κ3) is 5.79. The summed E-state index contributed by atoms with van der Waals surface area (Å²) in [6, 6.07) is 3.72. The van der Waals surface area contributed by atoms with E-state index in [1.165, 1.54) is 0 Å². The molecule has 0 fully saturated rings. The van der Waals surface area contributed by atoms with Gasteiger partial charge >= 0.3 is 0 Å². The van der Waals surface area contributed by atoms with E-state index in [0.29, 0.717) is 13.1 Å². The van der Waals surface area contributed by atoms with E-state index >= 15 is 0 Å². The van der Waals surface area contributed by atoms with Crippen molar-refractivity contribution in [1.29, 1.82) is 0 Å². The molecule has 1 N–H and O–H groups in total. The summed E-state index contributed by atoms with van der Waals surface area (Å²) in [5, 5.41) is 3.22. The molecule has 0 unspecified atom stereocenters. The maximum absolute atomic E-state index is 12.1. The molecule has 1 aromatic heterocycles. The first-order valence-electron chi connectivity index (χ1n) is 5.86. The molecule has 0 saturated heterocycles. The summed E-state index contributed by atoms with van der Waals surface area (Å²) in [6.45, 7) is 3.91. The molecule has 98 valence electrons. The first-order chi connectivity index (χ1) is 8.11. The number of halogens is 2. The van der Waals surface area contributed by atoms with Crippen LogP contribution in [-0.2, 0) is 13.1 Å². The van der Waals surface area contributed by atoms with Crippen molar-refractivity contribution >= 4 is 0 Å². The number of hydrogen-bond donors (Lipinski definition) is 1. The van der Waals surface area contributed by atoms with Crippen molar-refractivity contribution in [3.63, 3.8) is 0 Å². The van der Waals surface area contributed by atoms with Crippen molar-refractivity contribution in [2.75, 3.05) is 20.1 Å². The third-order valence-corrected chi connectivity index (χ3v) is 2.32. The second-order valence-corrected chi connectivity index (χ2v) is 4.13. The van der Waals surface area contributed by atoms with Crippen molar-refractivity contribution in [2.24, 2.45) is 0 Å². The zero-order valence-electron chi connectivity index (χ0n) is 10.4. The SMILES string of the molecule is CCCNCc1ccc(CN(C)CC(F)F)o1. The topological polar surface area (TPSA) is 28.4 Å². The van der Waals surface area contributed by atoms with Gasteiger partial charge in [-0.05, 0) is 32.1 Å². The zero-order valence-corrected chi connectivity index (χ0v) is 10.4. The van der Waals surface area contributed by atoms with Gasteiger partial charge in [-0.1, -0.05) is 6.92 Å². The van der Waals surface area contributed by atoms with Crippen molar-refractivity contribution in [2.45, 2.75) is 32.9 Å². The molecular formula is C12H20F2N2O. The van der Waals surface area contributed by atoms with Crippen LogP contribution in [0.2, 0.25) is 0 Å². The molecule has 0 bridgehead atoms. The normalized spacial score (nSPS) is 11.6. The Morgan fingerprint density at radius 2 is 2.06 bits per heavy atom. The fourth-order valence-electron chi connectivity index (χ4n) is 1.56. The zero-order chi connectivity index (χ0) is 12.7. The van der Waals surface area contributed by atoms with Gasteiger partial charge in [0.2, 0.25) is 0 Å². The summed E-state index contributed by atoms with van der Waals surface area (Å²) in [7, 11) is 1.66. The Balaban J connectivity index is 2.34. The minimum Gasteiger partial charge on any atom is -0.463 e. The van der Waals surface area contributed by atoms with Gasteiger partial charge < -0.3 is 9.73 Å². The molecule has 17 heavy (non-hydrogen) atoms. The summed E-state index contributed by atoms with van der Waals surface area (Å²) in [5.41, 5.74) is 0. The Hall–Kier alpha value is -0.940. The molecule has 3 nitrogen and oxygen atoms in total. The van der Waals surface area contributed by atoms with Crippen molar-refractivity contribution in [3.05, 3.63) is 23.7 Å². The Bertz CT molecular complexity index is 315. The van der Waals surface area contributed by atoms with Crippen LogP contribution in [0.25, 0.3) is 0 Å². The predicted molar refractivity (Wildman–Crippen MR) is 63.0 cm³/mol. The summed E-state index contributed by atoms with van der Waals surface area (Å²) >= 11 is 0. The van der Waals surface area contributed by atoms with Gasteiger partial charge in [0.05, 0.1) is 19.6 Å². The summed E-state index contributed by atoms with van der Waals surface area (Å²) in [5.74, 6) is 1.57. The molecule has 1 rings (SSSR count). The molecular weight excluding hydrogens is 226 g/mol. The van der Waals surface area contributed by atoms with Crippen LogP contribution in [0.1, 0.15) is 24.9 Å². The average Bonchev–Trinajstić information content (AvgIpc) is 2.64. The maximum atomic E-state index is 12.1. The highest BCUT2D eigenvalue weighted by Crippen LogP contribution is 2.10. The standard InChI is InChI=1S/C12H20F2N2O/c1-3-6-15-7-10-4-5-11(17-10)8-16(2)9-12(13)14/h4-5,12,15H,3,6-9H2,1-2H3. The molecule has 0 aliphatic rings. The lowest BCUT2D eigenvalue weighted by atomic mass is 10.4. The van der Waals surface area contributed by atoms with Gasteiger partial charge in [0.1, 0.15) is 11.5 Å². The molecule has 0 radical (unpaired) electrons. The second-order valence-electron chi connectivity index (χ2n) is 4.13.